The highest BCUT2D eigenvalue weighted by atomic mass is 35.5. The van der Waals surface area contributed by atoms with Crippen LogP contribution in [0.4, 0.5) is 0 Å². The molecule has 1 aliphatic rings. The topological polar surface area (TPSA) is 48.1 Å². The first kappa shape index (κ1) is 16.3. The molecule has 23 heavy (non-hydrogen) atoms. The minimum Gasteiger partial charge on any atom is -0.481 e. The lowest BCUT2D eigenvalue weighted by Gasteiger charge is -2.25. The second-order valence-corrected chi connectivity index (χ2v) is 6.60. The zero-order chi connectivity index (χ0) is 16.7. The molecule has 0 radical (unpaired) electrons. The van der Waals surface area contributed by atoms with Gasteiger partial charge >= 0.3 is 0 Å². The van der Waals surface area contributed by atoms with Gasteiger partial charge in [0.25, 0.3) is 0 Å². The number of likely N-dealkylation sites (tertiary alicyclic amines) is 1. The van der Waals surface area contributed by atoms with Crippen molar-refractivity contribution in [3.05, 3.63) is 27.7 Å². The summed E-state index contributed by atoms with van der Waals surface area (Å²) in [4.78, 5) is 2.46. The first-order valence-corrected chi connectivity index (χ1v) is 8.31. The number of methoxy groups -OCH3 is 1. The second-order valence-electron chi connectivity index (χ2n) is 6.24. The van der Waals surface area contributed by atoms with Crippen molar-refractivity contribution in [3.8, 4) is 5.88 Å². The Hall–Kier alpha value is -1.53. The third kappa shape index (κ3) is 2.74. The minimum atomic E-state index is 0.314. The molecule has 0 spiro atoms. The van der Waals surface area contributed by atoms with Crippen LogP contribution < -0.4 is 4.74 Å². The van der Waals surface area contributed by atoms with Crippen molar-refractivity contribution in [2.45, 2.75) is 39.3 Å². The molecule has 1 fully saturated rings. The predicted molar refractivity (Wildman–Crippen MR) is 89.8 cm³/mol. The minimum absolute atomic E-state index is 0.314. The predicted octanol–water partition coefficient (Wildman–Crippen LogP) is 2.77. The van der Waals surface area contributed by atoms with Crippen molar-refractivity contribution < 1.29 is 4.74 Å². The number of halogens is 1. The Bertz CT molecular complexity index is 721. The number of hydrogen-bond acceptors (Lipinski definition) is 4. The molecule has 1 saturated heterocycles. The third-order valence-corrected chi connectivity index (χ3v) is 5.21. The Morgan fingerprint density at radius 3 is 2.48 bits per heavy atom. The van der Waals surface area contributed by atoms with Gasteiger partial charge in [0.2, 0.25) is 5.88 Å². The Balaban J connectivity index is 1.92. The Labute approximate surface area is 142 Å². The molecule has 1 aliphatic heterocycles. The van der Waals surface area contributed by atoms with Crippen LogP contribution in [0.25, 0.3) is 0 Å². The second kappa shape index (κ2) is 6.17. The average molecular weight is 338 g/mol. The normalized spacial score (nSPS) is 18.8. The van der Waals surface area contributed by atoms with Crippen LogP contribution in [0.15, 0.2) is 0 Å². The molecule has 2 aromatic heterocycles. The van der Waals surface area contributed by atoms with E-state index in [4.69, 9.17) is 16.3 Å². The summed E-state index contributed by atoms with van der Waals surface area (Å²) in [7, 11) is 5.52. The maximum Gasteiger partial charge on any atom is 0.216 e. The number of ether oxygens (including phenoxy) is 1. The molecular weight excluding hydrogens is 314 g/mol. The van der Waals surface area contributed by atoms with Gasteiger partial charge < -0.3 is 4.74 Å². The lowest BCUT2D eigenvalue weighted by atomic mass is 10.0. The van der Waals surface area contributed by atoms with Crippen molar-refractivity contribution in [1.82, 2.24) is 24.5 Å². The Kier molecular flexibility index (Phi) is 4.38. The highest BCUT2D eigenvalue weighted by molar-refractivity contribution is 6.30. The van der Waals surface area contributed by atoms with Gasteiger partial charge in [-0.1, -0.05) is 11.6 Å². The summed E-state index contributed by atoms with van der Waals surface area (Å²) < 4.78 is 9.16. The molecule has 6 nitrogen and oxygen atoms in total. The first-order chi connectivity index (χ1) is 10.9. The summed E-state index contributed by atoms with van der Waals surface area (Å²) in [6.45, 7) is 5.92. The molecule has 0 bridgehead atoms. The van der Waals surface area contributed by atoms with Gasteiger partial charge in [0.1, 0.15) is 5.15 Å². The molecule has 126 valence electrons. The van der Waals surface area contributed by atoms with E-state index in [1.54, 1.807) is 11.8 Å². The van der Waals surface area contributed by atoms with Crippen LogP contribution in [0.5, 0.6) is 5.88 Å². The third-order valence-electron chi connectivity index (χ3n) is 4.74. The van der Waals surface area contributed by atoms with Crippen LogP contribution >= 0.6 is 11.6 Å². The van der Waals surface area contributed by atoms with Crippen molar-refractivity contribution in [1.29, 1.82) is 0 Å². The molecule has 3 heterocycles. The van der Waals surface area contributed by atoms with E-state index >= 15 is 0 Å². The smallest absolute Gasteiger partial charge is 0.216 e. The van der Waals surface area contributed by atoms with Crippen molar-refractivity contribution in [2.24, 2.45) is 14.1 Å². The lowest BCUT2D eigenvalue weighted by Crippen LogP contribution is -2.23. The zero-order valence-corrected chi connectivity index (χ0v) is 15.2. The molecule has 7 heteroatoms. The van der Waals surface area contributed by atoms with Crippen LogP contribution in [0.2, 0.25) is 5.15 Å². The van der Waals surface area contributed by atoms with Gasteiger partial charge in [-0.3, -0.25) is 9.58 Å². The average Bonchev–Trinajstić information content (AvgIpc) is 3.12. The van der Waals surface area contributed by atoms with E-state index in [0.717, 1.165) is 47.5 Å². The molecular formula is C16H24ClN5O. The molecule has 0 saturated carbocycles. The van der Waals surface area contributed by atoms with Gasteiger partial charge in [-0.25, -0.2) is 4.68 Å². The summed E-state index contributed by atoms with van der Waals surface area (Å²) in [5.41, 5.74) is 4.35. The fourth-order valence-electron chi connectivity index (χ4n) is 3.68. The molecule has 0 aromatic carbocycles. The van der Waals surface area contributed by atoms with E-state index in [0.29, 0.717) is 6.04 Å². The summed E-state index contributed by atoms with van der Waals surface area (Å²) in [6, 6.07) is 0.314. The van der Waals surface area contributed by atoms with Crippen molar-refractivity contribution in [2.75, 3.05) is 13.7 Å². The van der Waals surface area contributed by atoms with Crippen LogP contribution in [-0.4, -0.2) is 38.1 Å². The summed E-state index contributed by atoms with van der Waals surface area (Å²) in [5.74, 6) is 0.855. The van der Waals surface area contributed by atoms with Gasteiger partial charge in [0.15, 0.2) is 0 Å². The highest BCUT2D eigenvalue weighted by Gasteiger charge is 2.33. The van der Waals surface area contributed by atoms with Crippen molar-refractivity contribution in [3.63, 3.8) is 0 Å². The molecule has 0 N–H and O–H groups in total. The number of hydrogen-bond donors (Lipinski definition) is 0. The van der Waals surface area contributed by atoms with E-state index in [2.05, 4.69) is 22.0 Å². The number of rotatable bonds is 4. The summed E-state index contributed by atoms with van der Waals surface area (Å²) >= 11 is 6.41. The van der Waals surface area contributed by atoms with Gasteiger partial charge in [-0.05, 0) is 33.2 Å². The van der Waals surface area contributed by atoms with Gasteiger partial charge in [-0.15, -0.1) is 0 Å². The highest BCUT2D eigenvalue weighted by Crippen LogP contribution is 2.40. The van der Waals surface area contributed by atoms with Crippen molar-refractivity contribution >= 4 is 11.6 Å². The number of aromatic nitrogens is 4. The maximum absolute atomic E-state index is 6.41. The van der Waals surface area contributed by atoms with E-state index in [1.165, 1.54) is 12.0 Å². The summed E-state index contributed by atoms with van der Waals surface area (Å²) in [6.07, 6.45) is 2.28. The maximum atomic E-state index is 6.41. The summed E-state index contributed by atoms with van der Waals surface area (Å²) in [5, 5.41) is 9.68. The molecule has 3 rings (SSSR count). The van der Waals surface area contributed by atoms with E-state index < -0.39 is 0 Å². The zero-order valence-electron chi connectivity index (χ0n) is 14.4. The largest absolute Gasteiger partial charge is 0.481 e. The quantitative estimate of drug-likeness (QED) is 0.860. The van der Waals surface area contributed by atoms with E-state index in [1.807, 2.05) is 25.7 Å². The molecule has 1 atom stereocenters. The molecule has 0 unspecified atom stereocenters. The van der Waals surface area contributed by atoms with Crippen LogP contribution in [-0.2, 0) is 20.6 Å². The van der Waals surface area contributed by atoms with Gasteiger partial charge in [-0.2, -0.15) is 10.2 Å². The van der Waals surface area contributed by atoms with E-state index in [-0.39, 0.29) is 0 Å². The molecule has 0 amide bonds. The van der Waals surface area contributed by atoms with Crippen LogP contribution in [0.3, 0.4) is 0 Å². The lowest BCUT2D eigenvalue weighted by molar-refractivity contribution is 0.240. The standard InChI is InChI=1S/C16H24ClN5O/c1-10-12(15(17)20(3)18-10)9-22-8-6-7-13(22)14-11(2)19-21(4)16(14)23-5/h13H,6-9H2,1-5H3/t13-/m1/s1. The number of nitrogens with zero attached hydrogens (tertiary/aromatic N) is 5. The fourth-order valence-corrected chi connectivity index (χ4v) is 3.91. The van der Waals surface area contributed by atoms with Crippen LogP contribution in [0.1, 0.15) is 41.4 Å². The fraction of sp³-hybridized carbons (Fsp3) is 0.625. The Morgan fingerprint density at radius 2 is 1.87 bits per heavy atom. The van der Waals surface area contributed by atoms with Crippen LogP contribution in [0, 0.1) is 13.8 Å². The molecule has 2 aromatic rings. The van der Waals surface area contributed by atoms with Gasteiger partial charge in [0.05, 0.1) is 24.1 Å². The SMILES string of the molecule is COc1c([C@H]2CCCN2Cc2c(C)nn(C)c2Cl)c(C)nn1C. The van der Waals surface area contributed by atoms with E-state index in [9.17, 15) is 0 Å². The first-order valence-electron chi connectivity index (χ1n) is 7.93. The van der Waals surface area contributed by atoms with Gasteiger partial charge in [0, 0.05) is 32.2 Å². The monoisotopic (exact) mass is 337 g/mol. The Morgan fingerprint density at radius 1 is 1.17 bits per heavy atom. The number of aryl methyl sites for hydroxylation is 4. The molecule has 0 aliphatic carbocycles.